The summed E-state index contributed by atoms with van der Waals surface area (Å²) in [4.78, 5) is 0. The van der Waals surface area contributed by atoms with Crippen molar-refractivity contribution in [1.29, 1.82) is 5.26 Å². The van der Waals surface area contributed by atoms with E-state index in [4.69, 9.17) is 5.26 Å². The van der Waals surface area contributed by atoms with Gasteiger partial charge in [-0.2, -0.15) is 14.4 Å². The van der Waals surface area contributed by atoms with E-state index in [0.717, 1.165) is 24.5 Å². The molecule has 9 aromatic rings. The zero-order valence-electron chi connectivity index (χ0n) is 38.7. The minimum absolute atomic E-state index is 0.806. The molecule has 0 unspecified atom stereocenters. The number of hydrogen-bond acceptors (Lipinski definition) is 1. The summed E-state index contributed by atoms with van der Waals surface area (Å²) in [5.41, 5.74) is 20.3. The van der Waals surface area contributed by atoms with Crippen molar-refractivity contribution in [3.63, 3.8) is 0 Å². The van der Waals surface area contributed by atoms with E-state index < -0.39 is 15.6 Å². The normalized spacial score (nSPS) is 13.4. The average molecular weight is 1030 g/mol. The van der Waals surface area contributed by atoms with Gasteiger partial charge in [-0.1, -0.05) is 109 Å². The number of rotatable bonds is 8. The molecule has 0 amide bonds. The van der Waals surface area contributed by atoms with Gasteiger partial charge in [-0.15, -0.1) is 0 Å². The van der Waals surface area contributed by atoms with Crippen LogP contribution in [0.5, 0.6) is 0 Å². The molecule has 19 heteroatoms. The molecule has 7 aromatic carbocycles. The summed E-state index contributed by atoms with van der Waals surface area (Å²) < 4.78 is 128. The predicted octanol–water partition coefficient (Wildman–Crippen LogP) is 18.1. The van der Waals surface area contributed by atoms with Gasteiger partial charge in [0.1, 0.15) is 24.5 Å². The van der Waals surface area contributed by atoms with E-state index in [1.807, 2.05) is 0 Å². The van der Waals surface area contributed by atoms with Crippen molar-refractivity contribution in [3.8, 4) is 39.7 Å². The third kappa shape index (κ3) is 15.5. The van der Waals surface area contributed by atoms with Gasteiger partial charge in [0.25, 0.3) is 0 Å². The molecule has 0 saturated heterocycles. The molecule has 0 aliphatic heterocycles. The number of aromatic nitrogens is 4. The van der Waals surface area contributed by atoms with E-state index in [1.54, 1.807) is 6.07 Å². The van der Waals surface area contributed by atoms with Gasteiger partial charge in [-0.3, -0.25) is 0 Å². The van der Waals surface area contributed by atoms with Gasteiger partial charge in [-0.25, -0.2) is 9.13 Å². The van der Waals surface area contributed by atoms with Gasteiger partial charge >= 0.3 is 66.0 Å². The number of hydrogen-bond donors (Lipinski definition) is 0. The number of nitriles is 1. The molecule has 374 valence electrons. The molecule has 0 radical (unpaired) electrons. The fraction of sp³-hybridized carbons (Fsp3) is 0.135. The average Bonchev–Trinajstić information content (AvgIpc) is 3.86. The van der Waals surface area contributed by atoms with Crippen molar-refractivity contribution in [2.75, 3.05) is 0 Å². The molecule has 0 spiro atoms. The SMILES string of the molecule is CC#N.Cc1c(C)c(C[n+]2cn(-c3ccc(-c4ccccc4)cc3)c3ccccc32)c(C)c(C)c1C[n+]1cn(-c2ccc(-c3ccccc3)cc2)c2ccccc21.F[P-](F)(F)(F)(F)F.F[P-](F)(F)(F)(F)F. The Morgan fingerprint density at radius 1 is 0.394 bits per heavy atom. The Kier molecular flexibility index (Phi) is 14.0. The number of para-hydroxylation sites is 4. The summed E-state index contributed by atoms with van der Waals surface area (Å²) in [5.74, 6) is 0. The van der Waals surface area contributed by atoms with Crippen LogP contribution in [-0.4, -0.2) is 9.13 Å². The molecule has 0 aliphatic carbocycles. The van der Waals surface area contributed by atoms with Crippen LogP contribution >= 0.6 is 15.6 Å². The molecule has 0 bridgehead atoms. The third-order valence-corrected chi connectivity index (χ3v) is 11.5. The van der Waals surface area contributed by atoms with Crippen molar-refractivity contribution < 1.29 is 59.5 Å². The second kappa shape index (κ2) is 18.6. The predicted molar refractivity (Wildman–Crippen MR) is 260 cm³/mol. The standard InChI is InChI=1S/C50H44N4.C2H3N.2F6P/c1-35-36(2)46(32-52-34-54(50-22-14-12-20-48(50)52)44-29-25-42(26-30-44)40-17-9-6-10-18-40)38(4)37(3)45(35)31-51-33-53(49-21-13-11-19-47(49)51)43-27-23-41(24-28-43)39-15-7-5-8-16-39;1-2-3;2*1-7(2,3,4,5)6/h5-30,33-34H,31-32H2,1-4H3;1H3;;/q+2;;2*-1. The first-order chi connectivity index (χ1) is 32.8. The maximum absolute atomic E-state index is 10.7. The summed E-state index contributed by atoms with van der Waals surface area (Å²) in [5, 5.41) is 7.32. The first-order valence-electron chi connectivity index (χ1n) is 21.6. The zero-order chi connectivity index (χ0) is 52.3. The summed E-state index contributed by atoms with van der Waals surface area (Å²) >= 11 is 0. The number of benzene rings is 7. The van der Waals surface area contributed by atoms with Crippen LogP contribution in [-0.2, 0) is 13.1 Å². The Morgan fingerprint density at radius 3 is 0.915 bits per heavy atom. The van der Waals surface area contributed by atoms with E-state index in [9.17, 15) is 50.4 Å². The minimum atomic E-state index is -10.7. The molecule has 0 fully saturated rings. The number of fused-ring (bicyclic) bond motifs is 2. The molecule has 0 atom stereocenters. The Labute approximate surface area is 401 Å². The van der Waals surface area contributed by atoms with Gasteiger partial charge in [0.15, 0.2) is 22.1 Å². The van der Waals surface area contributed by atoms with Crippen molar-refractivity contribution >= 4 is 37.7 Å². The quantitative estimate of drug-likeness (QED) is 0.0849. The molecule has 0 aliphatic rings. The van der Waals surface area contributed by atoms with Crippen LogP contribution in [0.25, 0.3) is 55.7 Å². The summed E-state index contributed by atoms with van der Waals surface area (Å²) in [6.07, 6.45) is 4.55. The van der Waals surface area contributed by atoms with Gasteiger partial charge in [0.05, 0.1) is 6.07 Å². The van der Waals surface area contributed by atoms with E-state index in [2.05, 4.69) is 216 Å². The molecular weight excluding hydrogens is 985 g/mol. The van der Waals surface area contributed by atoms with Crippen LogP contribution in [0, 0.1) is 39.0 Å². The van der Waals surface area contributed by atoms with Crippen molar-refractivity contribution in [2.45, 2.75) is 47.7 Å². The number of halogens is 12. The first kappa shape index (κ1) is 53.3. The third-order valence-electron chi connectivity index (χ3n) is 11.5. The van der Waals surface area contributed by atoms with Gasteiger partial charge in [0, 0.05) is 6.92 Å². The van der Waals surface area contributed by atoms with Crippen LogP contribution < -0.4 is 9.13 Å². The molecule has 2 aromatic heterocycles. The van der Waals surface area contributed by atoms with E-state index >= 15 is 0 Å². The monoisotopic (exact) mass is 1030 g/mol. The topological polar surface area (TPSA) is 41.4 Å². The molecule has 0 saturated carbocycles. The fourth-order valence-corrected chi connectivity index (χ4v) is 8.19. The molecule has 5 nitrogen and oxygen atoms in total. The van der Waals surface area contributed by atoms with E-state index in [0.29, 0.717) is 0 Å². The molecule has 0 N–H and O–H groups in total. The van der Waals surface area contributed by atoms with Gasteiger partial charge in [-0.05, 0) is 132 Å². The first-order valence-corrected chi connectivity index (χ1v) is 25.6. The number of nitrogens with zero attached hydrogens (tertiary/aromatic N) is 5. The van der Waals surface area contributed by atoms with Crippen LogP contribution in [0.1, 0.15) is 40.3 Å². The molecule has 9 rings (SSSR count). The summed E-state index contributed by atoms with van der Waals surface area (Å²) in [6.45, 7) is 12.3. The maximum atomic E-state index is 9.87. The van der Waals surface area contributed by atoms with Crippen LogP contribution in [0.3, 0.4) is 0 Å². The summed E-state index contributed by atoms with van der Waals surface area (Å²) in [6, 6.07) is 58.2. The Hall–Kier alpha value is -7.01. The van der Waals surface area contributed by atoms with Crippen LogP contribution in [0.2, 0.25) is 0 Å². The van der Waals surface area contributed by atoms with E-state index in [-0.39, 0.29) is 0 Å². The second-order valence-corrected chi connectivity index (χ2v) is 20.5. The molecule has 2 heterocycles. The molecule has 71 heavy (non-hydrogen) atoms. The van der Waals surface area contributed by atoms with E-state index in [1.165, 1.54) is 84.6 Å². The van der Waals surface area contributed by atoms with Gasteiger partial charge < -0.3 is 0 Å². The summed E-state index contributed by atoms with van der Waals surface area (Å²) in [7, 11) is -21.3. The molecular formula is C52H47F12N5P2. The van der Waals surface area contributed by atoms with Crippen molar-refractivity contribution in [2.24, 2.45) is 0 Å². The van der Waals surface area contributed by atoms with Crippen molar-refractivity contribution in [3.05, 3.63) is 204 Å². The number of imidazole rings is 2. The Balaban J connectivity index is 0.000000420. The van der Waals surface area contributed by atoms with Crippen LogP contribution in [0.4, 0.5) is 50.4 Å². The second-order valence-electron chi connectivity index (χ2n) is 16.6. The zero-order valence-corrected chi connectivity index (χ0v) is 40.5. The van der Waals surface area contributed by atoms with Crippen molar-refractivity contribution in [1.82, 2.24) is 9.13 Å². The fourth-order valence-electron chi connectivity index (χ4n) is 8.19. The van der Waals surface area contributed by atoms with Gasteiger partial charge in [0.2, 0.25) is 12.7 Å². The van der Waals surface area contributed by atoms with Crippen LogP contribution in [0.15, 0.2) is 170 Å². The Morgan fingerprint density at radius 2 is 0.634 bits per heavy atom. The Bertz CT molecular complexity index is 3110.